The standard InChI is InChI=1S/C25H38N2O5S2Si/c1-20-8-12-23(13-9-20)33(28,29)26-16-17-27(34(30,31)24-14-10-21(2)11-15-24)22(18-26)19-32-35(6,7)25(3,4)5/h8-15,22H,16-19H2,1-7H3. The van der Waals surface area contributed by atoms with E-state index in [1.807, 2.05) is 13.8 Å². The third-order valence-corrected chi connectivity index (χ3v) is 15.5. The molecule has 35 heavy (non-hydrogen) atoms. The van der Waals surface area contributed by atoms with Crippen LogP contribution in [0.2, 0.25) is 18.1 Å². The number of sulfonamides is 2. The zero-order valence-corrected chi connectivity index (χ0v) is 24.4. The first-order chi connectivity index (χ1) is 16.1. The molecule has 0 saturated carbocycles. The third kappa shape index (κ3) is 6.06. The van der Waals surface area contributed by atoms with Crippen molar-refractivity contribution in [1.82, 2.24) is 8.61 Å². The molecule has 0 N–H and O–H groups in total. The number of piperazine rings is 1. The molecule has 0 radical (unpaired) electrons. The molecule has 1 atom stereocenters. The summed E-state index contributed by atoms with van der Waals surface area (Å²) in [4.78, 5) is 0.414. The lowest BCUT2D eigenvalue weighted by atomic mass is 10.2. The van der Waals surface area contributed by atoms with Gasteiger partial charge in [0.05, 0.1) is 22.4 Å². The maximum Gasteiger partial charge on any atom is 0.243 e. The van der Waals surface area contributed by atoms with E-state index in [1.165, 1.54) is 8.61 Å². The summed E-state index contributed by atoms with van der Waals surface area (Å²) in [5.41, 5.74) is 1.94. The molecule has 10 heteroatoms. The smallest absolute Gasteiger partial charge is 0.243 e. The average molecular weight is 539 g/mol. The summed E-state index contributed by atoms with van der Waals surface area (Å²) in [6.45, 7) is 14.7. The van der Waals surface area contributed by atoms with E-state index in [1.54, 1.807) is 48.5 Å². The number of benzene rings is 2. The van der Waals surface area contributed by atoms with Gasteiger partial charge in [0.15, 0.2) is 8.32 Å². The molecule has 1 fully saturated rings. The van der Waals surface area contributed by atoms with Crippen molar-refractivity contribution in [1.29, 1.82) is 0 Å². The Kier molecular flexibility index (Phi) is 8.06. The van der Waals surface area contributed by atoms with Gasteiger partial charge in [-0.15, -0.1) is 0 Å². The molecule has 0 aliphatic carbocycles. The van der Waals surface area contributed by atoms with E-state index in [-0.39, 0.29) is 41.1 Å². The summed E-state index contributed by atoms with van der Waals surface area (Å²) in [7, 11) is -9.78. The lowest BCUT2D eigenvalue weighted by Gasteiger charge is -2.42. The Morgan fingerprint density at radius 2 is 1.29 bits per heavy atom. The fraction of sp³-hybridized carbons (Fsp3) is 0.520. The van der Waals surface area contributed by atoms with Crippen LogP contribution in [-0.4, -0.2) is 66.0 Å². The van der Waals surface area contributed by atoms with Crippen LogP contribution in [0.3, 0.4) is 0 Å². The van der Waals surface area contributed by atoms with Crippen molar-refractivity contribution in [2.75, 3.05) is 26.2 Å². The Bertz CT molecular complexity index is 1240. The molecule has 1 aliphatic rings. The molecule has 0 amide bonds. The number of aryl methyl sites for hydroxylation is 2. The minimum atomic E-state index is -3.82. The molecule has 0 bridgehead atoms. The van der Waals surface area contributed by atoms with Crippen LogP contribution in [0.1, 0.15) is 31.9 Å². The van der Waals surface area contributed by atoms with Gasteiger partial charge in [0.25, 0.3) is 0 Å². The number of hydrogen-bond acceptors (Lipinski definition) is 5. The third-order valence-electron chi connectivity index (χ3n) is 7.12. The minimum Gasteiger partial charge on any atom is -0.415 e. The fourth-order valence-corrected chi connectivity index (χ4v) is 7.81. The fourth-order valence-electron chi connectivity index (χ4n) is 3.71. The molecule has 1 heterocycles. The lowest BCUT2D eigenvalue weighted by molar-refractivity contribution is 0.135. The van der Waals surface area contributed by atoms with Crippen LogP contribution >= 0.6 is 0 Å². The molecule has 0 aromatic heterocycles. The van der Waals surface area contributed by atoms with Crippen molar-refractivity contribution in [3.8, 4) is 0 Å². The van der Waals surface area contributed by atoms with Crippen LogP contribution in [0.5, 0.6) is 0 Å². The average Bonchev–Trinajstić information content (AvgIpc) is 2.77. The van der Waals surface area contributed by atoms with Crippen LogP contribution in [0.25, 0.3) is 0 Å². The summed E-state index contributed by atoms with van der Waals surface area (Å²) < 4.78 is 63.2. The first kappa shape index (κ1) is 28.0. The molecule has 0 spiro atoms. The molecule has 1 unspecified atom stereocenters. The van der Waals surface area contributed by atoms with Crippen LogP contribution in [0, 0.1) is 13.8 Å². The normalized spacial score (nSPS) is 19.1. The molecule has 3 rings (SSSR count). The lowest BCUT2D eigenvalue weighted by Crippen LogP contribution is -2.59. The van der Waals surface area contributed by atoms with Crippen LogP contribution < -0.4 is 0 Å². The van der Waals surface area contributed by atoms with Gasteiger partial charge in [-0.1, -0.05) is 56.2 Å². The summed E-state index contributed by atoms with van der Waals surface area (Å²) in [6, 6.07) is 12.8. The highest BCUT2D eigenvalue weighted by Gasteiger charge is 2.43. The predicted molar refractivity (Wildman–Crippen MR) is 142 cm³/mol. The van der Waals surface area contributed by atoms with Crippen molar-refractivity contribution in [2.45, 2.75) is 68.6 Å². The molecule has 2 aromatic carbocycles. The van der Waals surface area contributed by atoms with Gasteiger partial charge >= 0.3 is 0 Å². The van der Waals surface area contributed by atoms with E-state index in [4.69, 9.17) is 4.43 Å². The Hall–Kier alpha value is -1.56. The minimum absolute atomic E-state index is 0.0376. The molecule has 194 valence electrons. The topological polar surface area (TPSA) is 84.0 Å². The second-order valence-corrected chi connectivity index (χ2v) is 19.5. The van der Waals surface area contributed by atoms with Gasteiger partial charge in [0.2, 0.25) is 20.0 Å². The maximum absolute atomic E-state index is 13.6. The highest BCUT2D eigenvalue weighted by atomic mass is 32.2. The van der Waals surface area contributed by atoms with Gasteiger partial charge in [0.1, 0.15) is 0 Å². The van der Waals surface area contributed by atoms with Gasteiger partial charge in [-0.2, -0.15) is 8.61 Å². The van der Waals surface area contributed by atoms with Gasteiger partial charge in [-0.25, -0.2) is 16.8 Å². The van der Waals surface area contributed by atoms with E-state index in [2.05, 4.69) is 33.9 Å². The van der Waals surface area contributed by atoms with Crippen molar-refractivity contribution >= 4 is 28.4 Å². The summed E-state index contributed by atoms with van der Waals surface area (Å²) in [5.74, 6) is 0. The number of hydrogen-bond donors (Lipinski definition) is 0. The highest BCUT2D eigenvalue weighted by Crippen LogP contribution is 2.37. The van der Waals surface area contributed by atoms with Crippen molar-refractivity contribution in [2.24, 2.45) is 0 Å². The molecule has 1 aliphatic heterocycles. The molecule has 2 aromatic rings. The zero-order chi connectivity index (χ0) is 26.2. The van der Waals surface area contributed by atoms with Crippen molar-refractivity contribution in [3.05, 3.63) is 59.7 Å². The second-order valence-electron chi connectivity index (χ2n) is 10.8. The Morgan fingerprint density at radius 1 is 0.829 bits per heavy atom. The largest absolute Gasteiger partial charge is 0.415 e. The van der Waals surface area contributed by atoms with E-state index < -0.39 is 34.4 Å². The molecule has 1 saturated heterocycles. The van der Waals surface area contributed by atoms with Crippen LogP contribution in [0.15, 0.2) is 58.3 Å². The summed E-state index contributed by atoms with van der Waals surface area (Å²) in [5, 5.41) is -0.0595. The second kappa shape index (κ2) is 10.1. The van der Waals surface area contributed by atoms with Gasteiger partial charge < -0.3 is 4.43 Å². The quantitative estimate of drug-likeness (QED) is 0.488. The Morgan fingerprint density at radius 3 is 1.74 bits per heavy atom. The van der Waals surface area contributed by atoms with Crippen LogP contribution in [-0.2, 0) is 24.5 Å². The van der Waals surface area contributed by atoms with E-state index in [0.29, 0.717) is 0 Å². The predicted octanol–water partition coefficient (Wildman–Crippen LogP) is 4.39. The highest BCUT2D eigenvalue weighted by molar-refractivity contribution is 7.89. The maximum atomic E-state index is 13.6. The monoisotopic (exact) mass is 538 g/mol. The van der Waals surface area contributed by atoms with Gasteiger partial charge in [-0.3, -0.25) is 0 Å². The van der Waals surface area contributed by atoms with E-state index in [9.17, 15) is 16.8 Å². The van der Waals surface area contributed by atoms with Crippen molar-refractivity contribution in [3.63, 3.8) is 0 Å². The van der Waals surface area contributed by atoms with Gasteiger partial charge in [0, 0.05) is 19.6 Å². The Labute approximate surface area is 212 Å². The van der Waals surface area contributed by atoms with Crippen LogP contribution in [0.4, 0.5) is 0 Å². The van der Waals surface area contributed by atoms with Gasteiger partial charge in [-0.05, 0) is 56.2 Å². The molecular formula is C25H38N2O5S2Si. The van der Waals surface area contributed by atoms with E-state index in [0.717, 1.165) is 11.1 Å². The van der Waals surface area contributed by atoms with Crippen molar-refractivity contribution < 1.29 is 21.3 Å². The first-order valence-corrected chi connectivity index (χ1v) is 17.6. The summed E-state index contributed by atoms with van der Waals surface area (Å²) in [6.07, 6.45) is 0. The number of nitrogens with zero attached hydrogens (tertiary/aromatic N) is 2. The Balaban J connectivity index is 1.94. The molecule has 7 nitrogen and oxygen atoms in total. The summed E-state index contributed by atoms with van der Waals surface area (Å²) >= 11 is 0. The van der Waals surface area contributed by atoms with E-state index >= 15 is 0 Å². The molecular weight excluding hydrogens is 501 g/mol. The number of rotatable bonds is 7. The first-order valence-electron chi connectivity index (χ1n) is 11.8. The SMILES string of the molecule is Cc1ccc(S(=O)(=O)N2CCN(S(=O)(=O)c3ccc(C)cc3)C(CO[Si](C)(C)C(C)(C)C)C2)cc1. The zero-order valence-electron chi connectivity index (χ0n) is 21.8.